The fourth-order valence-electron chi connectivity index (χ4n) is 1.31. The highest BCUT2D eigenvalue weighted by atomic mass is 35.5. The van der Waals surface area contributed by atoms with Gasteiger partial charge in [-0.1, -0.05) is 11.6 Å². The van der Waals surface area contributed by atoms with Crippen molar-refractivity contribution < 1.29 is 9.53 Å². The first kappa shape index (κ1) is 13.0. The van der Waals surface area contributed by atoms with Crippen LogP contribution >= 0.6 is 11.6 Å². The van der Waals surface area contributed by atoms with Crippen LogP contribution in [0.4, 0.5) is 0 Å². The highest BCUT2D eigenvalue weighted by Crippen LogP contribution is 2.24. The Kier molecular flexibility index (Phi) is 4.51. The van der Waals surface area contributed by atoms with E-state index in [0.29, 0.717) is 10.8 Å². The molecular formula is C12H9ClN2O2. The quantitative estimate of drug-likeness (QED) is 0.768. The predicted octanol–water partition coefficient (Wildman–Crippen LogP) is 2.58. The molecule has 0 aliphatic heterocycles. The Balaban J connectivity index is 3.00. The Hall–Kier alpha value is -2.04. The van der Waals surface area contributed by atoms with Gasteiger partial charge >= 0.3 is 0 Å². The maximum atomic E-state index is 11.9. The first-order valence-corrected chi connectivity index (χ1v) is 5.16. The summed E-state index contributed by atoms with van der Waals surface area (Å²) in [6.45, 7) is 0. The van der Waals surface area contributed by atoms with Crippen molar-refractivity contribution in [3.8, 4) is 17.9 Å². The SMILES string of the molecule is COc1ccc(Cl)cc1C(=O)CC(C#N)C#N. The molecule has 0 radical (unpaired) electrons. The van der Waals surface area contributed by atoms with Crippen LogP contribution in [0, 0.1) is 28.6 Å². The molecule has 0 bridgehead atoms. The minimum atomic E-state index is -0.953. The molecule has 0 amide bonds. The molecule has 0 atom stereocenters. The van der Waals surface area contributed by atoms with Gasteiger partial charge in [-0.05, 0) is 18.2 Å². The van der Waals surface area contributed by atoms with Crippen LogP contribution in [0.2, 0.25) is 5.02 Å². The molecule has 0 N–H and O–H groups in total. The number of ether oxygens (including phenoxy) is 1. The van der Waals surface area contributed by atoms with E-state index in [1.807, 2.05) is 0 Å². The van der Waals surface area contributed by atoms with Gasteiger partial charge in [0.25, 0.3) is 0 Å². The summed E-state index contributed by atoms with van der Waals surface area (Å²) in [5, 5.41) is 17.6. The van der Waals surface area contributed by atoms with Crippen molar-refractivity contribution in [2.75, 3.05) is 7.11 Å². The summed E-state index contributed by atoms with van der Waals surface area (Å²) in [7, 11) is 1.44. The van der Waals surface area contributed by atoms with E-state index in [1.165, 1.54) is 13.2 Å². The monoisotopic (exact) mass is 248 g/mol. The van der Waals surface area contributed by atoms with Crippen molar-refractivity contribution in [2.45, 2.75) is 6.42 Å². The number of ketones is 1. The largest absolute Gasteiger partial charge is 0.496 e. The van der Waals surface area contributed by atoms with Crippen molar-refractivity contribution in [3.63, 3.8) is 0 Å². The van der Waals surface area contributed by atoms with Gasteiger partial charge in [0.05, 0.1) is 24.8 Å². The number of nitrogens with zero attached hydrogens (tertiary/aromatic N) is 2. The normalized spacial score (nSPS) is 9.47. The third kappa shape index (κ3) is 3.21. The number of nitriles is 2. The van der Waals surface area contributed by atoms with E-state index < -0.39 is 5.92 Å². The molecule has 17 heavy (non-hydrogen) atoms. The average Bonchev–Trinajstić information content (AvgIpc) is 2.35. The lowest BCUT2D eigenvalue weighted by atomic mass is 10.00. The van der Waals surface area contributed by atoms with Gasteiger partial charge in [-0.15, -0.1) is 0 Å². The molecule has 0 saturated heterocycles. The van der Waals surface area contributed by atoms with Gasteiger partial charge in [0.1, 0.15) is 11.7 Å². The topological polar surface area (TPSA) is 73.9 Å². The number of carbonyl (C=O) groups is 1. The summed E-state index contributed by atoms with van der Waals surface area (Å²) in [6.07, 6.45) is -0.163. The van der Waals surface area contributed by atoms with E-state index >= 15 is 0 Å². The highest BCUT2D eigenvalue weighted by Gasteiger charge is 2.18. The molecule has 0 saturated carbocycles. The van der Waals surface area contributed by atoms with Crippen LogP contribution < -0.4 is 4.74 Å². The van der Waals surface area contributed by atoms with Gasteiger partial charge in [0.15, 0.2) is 5.78 Å². The maximum Gasteiger partial charge on any atom is 0.169 e. The summed E-state index contributed by atoms with van der Waals surface area (Å²) in [5.41, 5.74) is 0.287. The summed E-state index contributed by atoms with van der Waals surface area (Å²) in [5.74, 6) is -0.905. The van der Waals surface area contributed by atoms with Crippen molar-refractivity contribution in [1.29, 1.82) is 10.5 Å². The molecule has 0 heterocycles. The van der Waals surface area contributed by atoms with Crippen LogP contribution in [0.15, 0.2) is 18.2 Å². The lowest BCUT2D eigenvalue weighted by Gasteiger charge is -2.07. The van der Waals surface area contributed by atoms with Crippen molar-refractivity contribution in [3.05, 3.63) is 28.8 Å². The number of hydrogen-bond acceptors (Lipinski definition) is 4. The van der Waals surface area contributed by atoms with E-state index in [2.05, 4.69) is 0 Å². The fraction of sp³-hybridized carbons (Fsp3) is 0.250. The first-order chi connectivity index (χ1) is 8.12. The zero-order valence-electron chi connectivity index (χ0n) is 9.11. The molecule has 86 valence electrons. The molecule has 4 nitrogen and oxygen atoms in total. The predicted molar refractivity (Wildman–Crippen MR) is 61.7 cm³/mol. The van der Waals surface area contributed by atoms with Gasteiger partial charge in [0, 0.05) is 11.4 Å². The summed E-state index contributed by atoms with van der Waals surface area (Å²) < 4.78 is 5.03. The van der Waals surface area contributed by atoms with Crippen molar-refractivity contribution in [2.24, 2.45) is 5.92 Å². The first-order valence-electron chi connectivity index (χ1n) is 4.78. The Morgan fingerprint density at radius 2 is 2.12 bits per heavy atom. The average molecular weight is 249 g/mol. The van der Waals surface area contributed by atoms with Crippen LogP contribution in [0.5, 0.6) is 5.75 Å². The minimum absolute atomic E-state index is 0.163. The molecule has 5 heteroatoms. The van der Waals surface area contributed by atoms with Crippen LogP contribution in [0.25, 0.3) is 0 Å². The molecule has 1 rings (SSSR count). The van der Waals surface area contributed by atoms with Gasteiger partial charge in [-0.3, -0.25) is 4.79 Å². The molecule has 1 aromatic carbocycles. The third-order valence-electron chi connectivity index (χ3n) is 2.16. The van der Waals surface area contributed by atoms with Gasteiger partial charge in [-0.2, -0.15) is 10.5 Å². The van der Waals surface area contributed by atoms with Crippen LogP contribution in [0.1, 0.15) is 16.8 Å². The molecule has 0 aliphatic carbocycles. The van der Waals surface area contributed by atoms with E-state index in [9.17, 15) is 4.79 Å². The molecule has 0 fully saturated rings. The summed E-state index contributed by atoms with van der Waals surface area (Å²) in [4.78, 5) is 11.9. The Morgan fingerprint density at radius 3 is 2.65 bits per heavy atom. The zero-order chi connectivity index (χ0) is 12.8. The van der Waals surface area contributed by atoms with Crippen LogP contribution in [-0.2, 0) is 0 Å². The second-order valence-corrected chi connectivity index (χ2v) is 3.72. The second-order valence-electron chi connectivity index (χ2n) is 3.28. The molecule has 0 aromatic heterocycles. The second kappa shape index (κ2) is 5.89. The summed E-state index contributed by atoms with van der Waals surface area (Å²) in [6, 6.07) is 8.14. The smallest absolute Gasteiger partial charge is 0.169 e. The molecule has 1 aromatic rings. The number of halogens is 1. The third-order valence-corrected chi connectivity index (χ3v) is 2.40. The lowest BCUT2D eigenvalue weighted by Crippen LogP contribution is -2.07. The van der Waals surface area contributed by atoms with Crippen molar-refractivity contribution in [1.82, 2.24) is 0 Å². The fourth-order valence-corrected chi connectivity index (χ4v) is 1.49. The summed E-state index contributed by atoms with van der Waals surface area (Å²) >= 11 is 5.78. The van der Waals surface area contributed by atoms with E-state index in [-0.39, 0.29) is 17.8 Å². The van der Waals surface area contributed by atoms with Gasteiger partial charge < -0.3 is 4.74 Å². The van der Waals surface area contributed by atoms with Crippen LogP contribution in [-0.4, -0.2) is 12.9 Å². The highest BCUT2D eigenvalue weighted by molar-refractivity contribution is 6.31. The molecule has 0 spiro atoms. The minimum Gasteiger partial charge on any atom is -0.496 e. The number of Topliss-reactive ketones (excluding diaryl/α,β-unsaturated/α-hetero) is 1. The van der Waals surface area contributed by atoms with Gasteiger partial charge in [-0.25, -0.2) is 0 Å². The Bertz CT molecular complexity index is 500. The Labute approximate surface area is 104 Å². The van der Waals surface area contributed by atoms with Crippen molar-refractivity contribution >= 4 is 17.4 Å². The standard InChI is InChI=1S/C12H9ClN2O2/c1-17-12-3-2-9(13)5-10(12)11(16)4-8(6-14)7-15/h2-3,5,8H,4H2,1H3. The number of benzene rings is 1. The van der Waals surface area contributed by atoms with Crippen LogP contribution in [0.3, 0.4) is 0 Å². The number of rotatable bonds is 4. The lowest BCUT2D eigenvalue weighted by molar-refractivity contribution is 0.0973. The van der Waals surface area contributed by atoms with E-state index in [0.717, 1.165) is 0 Å². The number of hydrogen-bond donors (Lipinski definition) is 0. The molecular weight excluding hydrogens is 240 g/mol. The zero-order valence-corrected chi connectivity index (χ0v) is 9.86. The number of methoxy groups -OCH3 is 1. The van der Waals surface area contributed by atoms with E-state index in [1.54, 1.807) is 24.3 Å². The number of carbonyl (C=O) groups excluding carboxylic acids is 1. The maximum absolute atomic E-state index is 11.9. The Morgan fingerprint density at radius 1 is 1.47 bits per heavy atom. The van der Waals surface area contributed by atoms with Gasteiger partial charge in [0.2, 0.25) is 0 Å². The van der Waals surface area contributed by atoms with E-state index in [4.69, 9.17) is 26.9 Å². The molecule has 0 unspecified atom stereocenters. The molecule has 0 aliphatic rings.